The molecular weight excluding hydrogens is 240 g/mol. The number of benzene rings is 1. The zero-order valence-electron chi connectivity index (χ0n) is 11.4. The fourth-order valence-electron chi connectivity index (χ4n) is 3.56. The Kier molecular flexibility index (Phi) is 3.61. The van der Waals surface area contributed by atoms with Crippen LogP contribution in [0.3, 0.4) is 0 Å². The largest absolute Gasteiger partial charge is 0.381 e. The second-order valence-electron chi connectivity index (χ2n) is 5.73. The van der Waals surface area contributed by atoms with E-state index in [4.69, 9.17) is 9.47 Å². The van der Waals surface area contributed by atoms with Gasteiger partial charge in [0.05, 0.1) is 12.2 Å². The van der Waals surface area contributed by atoms with Gasteiger partial charge in [0, 0.05) is 25.0 Å². The maximum Gasteiger partial charge on any atom is 0.193 e. The summed E-state index contributed by atoms with van der Waals surface area (Å²) >= 11 is 0. The van der Waals surface area contributed by atoms with E-state index in [1.807, 2.05) is 30.3 Å². The summed E-state index contributed by atoms with van der Waals surface area (Å²) in [5, 5.41) is 10.8. The average Bonchev–Trinajstić information content (AvgIpc) is 2.68. The molecule has 0 amide bonds. The van der Waals surface area contributed by atoms with Crippen LogP contribution in [0.15, 0.2) is 30.3 Å². The molecule has 0 unspecified atom stereocenters. The van der Waals surface area contributed by atoms with Crippen LogP contribution in [-0.4, -0.2) is 24.4 Å². The first-order chi connectivity index (χ1) is 9.23. The van der Waals surface area contributed by atoms with Crippen LogP contribution >= 0.6 is 0 Å². The number of aliphatic hydroxyl groups is 1. The zero-order chi connectivity index (χ0) is 13.3. The van der Waals surface area contributed by atoms with Crippen molar-refractivity contribution in [2.24, 2.45) is 5.92 Å². The minimum absolute atomic E-state index is 0.123. The molecule has 3 nitrogen and oxygen atoms in total. The van der Waals surface area contributed by atoms with E-state index in [9.17, 15) is 5.11 Å². The Morgan fingerprint density at radius 3 is 2.68 bits per heavy atom. The standard InChI is InChI=1S/C16H22O3/c1-18-14-9-5-6-10-15-13(14)11-16(17,19-15)12-7-3-2-4-8-12/h2-4,7-8,13-15,17H,5-6,9-11H2,1H3/t13-,14+,15+,16-/m0/s1. The molecule has 1 aliphatic carbocycles. The van der Waals surface area contributed by atoms with Crippen molar-refractivity contribution in [3.8, 4) is 0 Å². The van der Waals surface area contributed by atoms with Crippen LogP contribution in [0.5, 0.6) is 0 Å². The lowest BCUT2D eigenvalue weighted by Crippen LogP contribution is -2.27. The van der Waals surface area contributed by atoms with Crippen molar-refractivity contribution in [1.29, 1.82) is 0 Å². The number of hydrogen-bond donors (Lipinski definition) is 1. The molecule has 3 rings (SSSR count). The molecule has 0 radical (unpaired) electrons. The Labute approximate surface area is 114 Å². The van der Waals surface area contributed by atoms with Crippen LogP contribution in [0.25, 0.3) is 0 Å². The average molecular weight is 262 g/mol. The Morgan fingerprint density at radius 1 is 1.21 bits per heavy atom. The van der Waals surface area contributed by atoms with Crippen LogP contribution < -0.4 is 0 Å². The fraction of sp³-hybridized carbons (Fsp3) is 0.625. The van der Waals surface area contributed by atoms with E-state index in [2.05, 4.69) is 0 Å². The molecule has 1 aromatic carbocycles. The number of methoxy groups -OCH3 is 1. The first-order valence-electron chi connectivity index (χ1n) is 7.21. The smallest absolute Gasteiger partial charge is 0.193 e. The van der Waals surface area contributed by atoms with Gasteiger partial charge in [-0.1, -0.05) is 43.2 Å². The minimum atomic E-state index is -1.13. The van der Waals surface area contributed by atoms with Gasteiger partial charge in [-0.25, -0.2) is 0 Å². The monoisotopic (exact) mass is 262 g/mol. The molecule has 0 spiro atoms. The Hall–Kier alpha value is -0.900. The normalized spacial score (nSPS) is 38.7. The first-order valence-corrected chi connectivity index (χ1v) is 7.21. The maximum absolute atomic E-state index is 10.8. The van der Waals surface area contributed by atoms with Gasteiger partial charge in [0.25, 0.3) is 0 Å². The van der Waals surface area contributed by atoms with Crippen molar-refractivity contribution in [2.75, 3.05) is 7.11 Å². The quantitative estimate of drug-likeness (QED) is 0.890. The molecule has 1 saturated carbocycles. The van der Waals surface area contributed by atoms with Gasteiger partial charge in [0.15, 0.2) is 5.79 Å². The van der Waals surface area contributed by atoms with Crippen LogP contribution in [0.1, 0.15) is 37.7 Å². The van der Waals surface area contributed by atoms with Crippen LogP contribution in [0.4, 0.5) is 0 Å². The molecule has 0 aromatic heterocycles. The van der Waals surface area contributed by atoms with Crippen molar-refractivity contribution in [1.82, 2.24) is 0 Å². The molecule has 0 bridgehead atoms. The van der Waals surface area contributed by atoms with Crippen LogP contribution in [0, 0.1) is 5.92 Å². The van der Waals surface area contributed by atoms with Crippen LogP contribution in [0.2, 0.25) is 0 Å². The van der Waals surface area contributed by atoms with Gasteiger partial charge in [-0.3, -0.25) is 0 Å². The van der Waals surface area contributed by atoms with E-state index >= 15 is 0 Å². The van der Waals surface area contributed by atoms with Crippen molar-refractivity contribution >= 4 is 0 Å². The van der Waals surface area contributed by atoms with Crippen molar-refractivity contribution in [2.45, 2.75) is 50.1 Å². The van der Waals surface area contributed by atoms with Gasteiger partial charge in [-0.05, 0) is 12.8 Å². The predicted molar refractivity (Wildman–Crippen MR) is 72.6 cm³/mol. The van der Waals surface area contributed by atoms with E-state index in [1.54, 1.807) is 7.11 Å². The summed E-state index contributed by atoms with van der Waals surface area (Å²) < 4.78 is 11.6. The van der Waals surface area contributed by atoms with E-state index < -0.39 is 5.79 Å². The lowest BCUT2D eigenvalue weighted by atomic mass is 9.89. The molecule has 1 heterocycles. The third kappa shape index (κ3) is 2.42. The summed E-state index contributed by atoms with van der Waals surface area (Å²) in [7, 11) is 1.77. The molecule has 4 atom stereocenters. The Balaban J connectivity index is 1.85. The highest BCUT2D eigenvalue weighted by Gasteiger charge is 2.49. The molecule has 19 heavy (non-hydrogen) atoms. The summed E-state index contributed by atoms with van der Waals surface area (Å²) in [5.74, 6) is -0.831. The van der Waals surface area contributed by atoms with E-state index in [-0.39, 0.29) is 12.2 Å². The highest BCUT2D eigenvalue weighted by molar-refractivity contribution is 5.21. The van der Waals surface area contributed by atoms with Crippen molar-refractivity contribution < 1.29 is 14.6 Å². The molecule has 1 saturated heterocycles. The summed E-state index contributed by atoms with van der Waals surface area (Å²) in [5.41, 5.74) is 0.859. The Bertz CT molecular complexity index is 419. The van der Waals surface area contributed by atoms with E-state index in [1.165, 1.54) is 6.42 Å². The van der Waals surface area contributed by atoms with Gasteiger partial charge < -0.3 is 14.6 Å². The minimum Gasteiger partial charge on any atom is -0.381 e. The van der Waals surface area contributed by atoms with Gasteiger partial charge >= 0.3 is 0 Å². The van der Waals surface area contributed by atoms with Crippen molar-refractivity contribution in [3.05, 3.63) is 35.9 Å². The van der Waals surface area contributed by atoms with Gasteiger partial charge in [0.1, 0.15) is 0 Å². The molecular formula is C16H22O3. The third-order valence-electron chi connectivity index (χ3n) is 4.57. The maximum atomic E-state index is 10.8. The van der Waals surface area contributed by atoms with Gasteiger partial charge in [-0.15, -0.1) is 0 Å². The fourth-order valence-corrected chi connectivity index (χ4v) is 3.56. The van der Waals surface area contributed by atoms with Gasteiger partial charge in [0.2, 0.25) is 0 Å². The molecule has 1 N–H and O–H groups in total. The number of ether oxygens (including phenoxy) is 2. The number of fused-ring (bicyclic) bond motifs is 1. The molecule has 1 aliphatic heterocycles. The topological polar surface area (TPSA) is 38.7 Å². The second kappa shape index (κ2) is 5.23. The molecule has 104 valence electrons. The SMILES string of the molecule is CO[C@@H]1CCCC[C@H]2O[C@](O)(c3ccccc3)C[C@@H]12. The number of hydrogen-bond acceptors (Lipinski definition) is 3. The zero-order valence-corrected chi connectivity index (χ0v) is 11.4. The first kappa shape index (κ1) is 13.1. The highest BCUT2D eigenvalue weighted by Crippen LogP contribution is 2.46. The van der Waals surface area contributed by atoms with E-state index in [0.29, 0.717) is 12.3 Å². The number of rotatable bonds is 2. The lowest BCUT2D eigenvalue weighted by Gasteiger charge is -2.24. The van der Waals surface area contributed by atoms with Crippen molar-refractivity contribution in [3.63, 3.8) is 0 Å². The highest BCUT2D eigenvalue weighted by atomic mass is 16.6. The summed E-state index contributed by atoms with van der Waals surface area (Å²) in [4.78, 5) is 0. The Morgan fingerprint density at radius 2 is 1.95 bits per heavy atom. The molecule has 1 aromatic rings. The summed E-state index contributed by atoms with van der Waals surface area (Å²) in [6.45, 7) is 0. The third-order valence-corrected chi connectivity index (χ3v) is 4.57. The lowest BCUT2D eigenvalue weighted by molar-refractivity contribution is -0.201. The molecule has 2 fully saturated rings. The molecule has 3 heteroatoms. The van der Waals surface area contributed by atoms with Gasteiger partial charge in [-0.2, -0.15) is 0 Å². The second-order valence-corrected chi connectivity index (χ2v) is 5.73. The summed E-state index contributed by atoms with van der Waals surface area (Å²) in [6.07, 6.45) is 5.43. The van der Waals surface area contributed by atoms with Crippen LogP contribution in [-0.2, 0) is 15.3 Å². The predicted octanol–water partition coefficient (Wildman–Crippen LogP) is 2.83. The molecule has 2 aliphatic rings. The summed E-state index contributed by atoms with van der Waals surface area (Å²) in [6, 6.07) is 9.72. The van der Waals surface area contributed by atoms with E-state index in [0.717, 1.165) is 24.8 Å².